The average Bonchev–Trinajstić information content (AvgIpc) is 3.63. The van der Waals surface area contributed by atoms with E-state index in [9.17, 15) is 19.5 Å². The predicted octanol–water partition coefficient (Wildman–Crippen LogP) is 3.30. The van der Waals surface area contributed by atoms with Crippen molar-refractivity contribution in [1.82, 2.24) is 10.6 Å². The van der Waals surface area contributed by atoms with E-state index in [0.717, 1.165) is 35.1 Å². The largest absolute Gasteiger partial charge is 0.480 e. The van der Waals surface area contributed by atoms with Crippen LogP contribution >= 0.6 is 0 Å². The lowest BCUT2D eigenvalue weighted by molar-refractivity contribution is -0.145. The summed E-state index contributed by atoms with van der Waals surface area (Å²) < 4.78 is 10.7. The summed E-state index contributed by atoms with van der Waals surface area (Å²) in [6.45, 7) is 1.77. The van der Waals surface area contributed by atoms with E-state index in [1.807, 2.05) is 24.3 Å². The van der Waals surface area contributed by atoms with Gasteiger partial charge >= 0.3 is 12.1 Å². The third kappa shape index (κ3) is 5.22. The van der Waals surface area contributed by atoms with Crippen LogP contribution in [0.2, 0.25) is 0 Å². The van der Waals surface area contributed by atoms with Crippen molar-refractivity contribution in [2.75, 3.05) is 13.7 Å². The quantitative estimate of drug-likeness (QED) is 0.495. The molecule has 4 rings (SSSR count). The van der Waals surface area contributed by atoms with Crippen LogP contribution in [0, 0.1) is 5.92 Å². The lowest BCUT2D eigenvalue weighted by Gasteiger charge is -2.23. The Balaban J connectivity index is 1.35. The number of amides is 2. The predicted molar refractivity (Wildman–Crippen MR) is 125 cm³/mol. The number of carbonyl (C=O) groups excluding carboxylic acids is 2. The molecule has 0 bridgehead atoms. The van der Waals surface area contributed by atoms with Crippen LogP contribution in [0.4, 0.5) is 4.79 Å². The molecular weight excluding hydrogens is 436 g/mol. The highest BCUT2D eigenvalue weighted by Gasteiger charge is 2.36. The SMILES string of the molecule is COC(C)C(NC(=O)CC(NC(=O)OCC1c2ccccc2-c2ccccc21)C1CC1)C(=O)O. The van der Waals surface area contributed by atoms with Gasteiger partial charge in [-0.15, -0.1) is 0 Å². The molecule has 3 atom stereocenters. The Hall–Kier alpha value is -3.39. The molecule has 3 unspecified atom stereocenters. The number of nitrogens with one attached hydrogen (secondary N) is 2. The maximum atomic E-state index is 12.7. The molecule has 8 nitrogen and oxygen atoms in total. The summed E-state index contributed by atoms with van der Waals surface area (Å²) >= 11 is 0. The number of methoxy groups -OCH3 is 1. The first-order valence-corrected chi connectivity index (χ1v) is 11.6. The molecule has 2 amide bonds. The van der Waals surface area contributed by atoms with Gasteiger partial charge in [0.1, 0.15) is 6.61 Å². The van der Waals surface area contributed by atoms with Crippen molar-refractivity contribution >= 4 is 18.0 Å². The van der Waals surface area contributed by atoms with Crippen molar-refractivity contribution in [3.63, 3.8) is 0 Å². The number of hydrogen-bond donors (Lipinski definition) is 3. The Bertz CT molecular complexity index is 1020. The minimum absolute atomic E-state index is 0.0188. The number of hydrogen-bond acceptors (Lipinski definition) is 5. The molecule has 1 fully saturated rings. The van der Waals surface area contributed by atoms with E-state index in [-0.39, 0.29) is 24.9 Å². The highest BCUT2D eigenvalue weighted by atomic mass is 16.5. The fraction of sp³-hybridized carbons (Fsp3) is 0.423. The van der Waals surface area contributed by atoms with E-state index in [1.54, 1.807) is 6.92 Å². The van der Waals surface area contributed by atoms with Crippen LogP contribution < -0.4 is 10.6 Å². The number of alkyl carbamates (subject to hydrolysis) is 1. The Morgan fingerprint density at radius 1 is 1.00 bits per heavy atom. The molecule has 180 valence electrons. The van der Waals surface area contributed by atoms with Gasteiger partial charge in [-0.2, -0.15) is 0 Å². The molecule has 0 radical (unpaired) electrons. The minimum atomic E-state index is -1.17. The number of carboxylic acids is 1. The Labute approximate surface area is 198 Å². The molecule has 0 heterocycles. The molecular formula is C26H30N2O6. The van der Waals surface area contributed by atoms with Crippen molar-refractivity contribution < 1.29 is 29.0 Å². The lowest BCUT2D eigenvalue weighted by Crippen LogP contribution is -2.50. The number of carboxylic acid groups (broad SMARTS) is 1. The van der Waals surface area contributed by atoms with Gasteiger partial charge in [0.05, 0.1) is 6.10 Å². The number of rotatable bonds is 10. The van der Waals surface area contributed by atoms with Crippen LogP contribution in [0.25, 0.3) is 11.1 Å². The smallest absolute Gasteiger partial charge is 0.407 e. The first-order valence-electron chi connectivity index (χ1n) is 11.6. The fourth-order valence-electron chi connectivity index (χ4n) is 4.57. The normalized spacial score (nSPS) is 17.1. The number of aliphatic carboxylic acids is 1. The summed E-state index contributed by atoms with van der Waals surface area (Å²) in [6.07, 6.45) is 0.522. The zero-order chi connectivity index (χ0) is 24.2. The fourth-order valence-corrected chi connectivity index (χ4v) is 4.57. The second-order valence-electron chi connectivity index (χ2n) is 8.94. The van der Waals surface area contributed by atoms with Crippen molar-refractivity contribution in [3.8, 4) is 11.1 Å². The van der Waals surface area contributed by atoms with Crippen molar-refractivity contribution in [1.29, 1.82) is 0 Å². The van der Waals surface area contributed by atoms with Crippen LogP contribution in [-0.4, -0.2) is 55.0 Å². The number of benzene rings is 2. The van der Waals surface area contributed by atoms with Gasteiger partial charge in [0.15, 0.2) is 6.04 Å². The van der Waals surface area contributed by atoms with Gasteiger partial charge < -0.3 is 25.2 Å². The zero-order valence-corrected chi connectivity index (χ0v) is 19.3. The highest BCUT2D eigenvalue weighted by molar-refractivity contribution is 5.84. The first-order chi connectivity index (χ1) is 16.4. The first kappa shape index (κ1) is 23.8. The molecule has 0 aromatic heterocycles. The van der Waals surface area contributed by atoms with Gasteiger partial charge in [0.2, 0.25) is 5.91 Å². The molecule has 2 aliphatic carbocycles. The molecule has 0 saturated heterocycles. The second kappa shape index (κ2) is 10.3. The maximum Gasteiger partial charge on any atom is 0.407 e. The van der Waals surface area contributed by atoms with Gasteiger partial charge in [-0.1, -0.05) is 48.5 Å². The van der Waals surface area contributed by atoms with Crippen molar-refractivity contribution in [2.45, 2.75) is 50.3 Å². The van der Waals surface area contributed by atoms with E-state index < -0.39 is 36.2 Å². The number of fused-ring (bicyclic) bond motifs is 3. The van der Waals surface area contributed by atoms with Crippen LogP contribution in [-0.2, 0) is 19.1 Å². The Kier molecular flexibility index (Phi) is 7.17. The summed E-state index contributed by atoms with van der Waals surface area (Å²) in [6, 6.07) is 14.6. The van der Waals surface area contributed by atoms with E-state index in [1.165, 1.54) is 7.11 Å². The second-order valence-corrected chi connectivity index (χ2v) is 8.94. The van der Waals surface area contributed by atoms with E-state index in [4.69, 9.17) is 9.47 Å². The molecule has 2 aromatic carbocycles. The van der Waals surface area contributed by atoms with Crippen LogP contribution in [0.5, 0.6) is 0 Å². The molecule has 0 spiro atoms. The minimum Gasteiger partial charge on any atom is -0.480 e. The summed E-state index contributed by atoms with van der Waals surface area (Å²) in [5.74, 6) is -1.50. The van der Waals surface area contributed by atoms with E-state index in [0.29, 0.717) is 0 Å². The Morgan fingerprint density at radius 3 is 2.12 bits per heavy atom. The summed E-state index contributed by atoms with van der Waals surface area (Å²) in [5.41, 5.74) is 4.55. The maximum absolute atomic E-state index is 12.7. The van der Waals surface area contributed by atoms with Gasteiger partial charge in [-0.25, -0.2) is 9.59 Å². The van der Waals surface area contributed by atoms with Crippen LogP contribution in [0.15, 0.2) is 48.5 Å². The van der Waals surface area contributed by atoms with Gasteiger partial charge in [-0.3, -0.25) is 4.79 Å². The molecule has 34 heavy (non-hydrogen) atoms. The zero-order valence-electron chi connectivity index (χ0n) is 19.3. The number of carbonyl (C=O) groups is 3. The topological polar surface area (TPSA) is 114 Å². The van der Waals surface area contributed by atoms with E-state index in [2.05, 4.69) is 34.9 Å². The van der Waals surface area contributed by atoms with Gasteiger partial charge in [0.25, 0.3) is 0 Å². The average molecular weight is 467 g/mol. The molecule has 8 heteroatoms. The molecule has 1 saturated carbocycles. The van der Waals surface area contributed by atoms with E-state index >= 15 is 0 Å². The Morgan fingerprint density at radius 2 is 1.59 bits per heavy atom. The van der Waals surface area contributed by atoms with Crippen LogP contribution in [0.3, 0.4) is 0 Å². The monoisotopic (exact) mass is 466 g/mol. The molecule has 0 aliphatic heterocycles. The van der Waals surface area contributed by atoms with Crippen molar-refractivity contribution in [3.05, 3.63) is 59.7 Å². The van der Waals surface area contributed by atoms with Crippen LogP contribution in [0.1, 0.15) is 43.2 Å². The van der Waals surface area contributed by atoms with Crippen molar-refractivity contribution in [2.24, 2.45) is 5.92 Å². The summed E-state index contributed by atoms with van der Waals surface area (Å²) in [4.78, 5) is 36.6. The lowest BCUT2D eigenvalue weighted by atomic mass is 9.98. The molecule has 3 N–H and O–H groups in total. The molecule has 2 aliphatic rings. The highest BCUT2D eigenvalue weighted by Crippen LogP contribution is 2.44. The van der Waals surface area contributed by atoms with Gasteiger partial charge in [-0.05, 0) is 47.9 Å². The summed E-state index contributed by atoms with van der Waals surface area (Å²) in [5, 5.41) is 14.7. The summed E-state index contributed by atoms with van der Waals surface area (Å²) in [7, 11) is 1.39. The number of ether oxygens (including phenoxy) is 2. The molecule has 2 aromatic rings. The third-order valence-electron chi connectivity index (χ3n) is 6.67. The van der Waals surface area contributed by atoms with Gasteiger partial charge in [0, 0.05) is 25.5 Å². The third-order valence-corrected chi connectivity index (χ3v) is 6.67. The standard InChI is InChI=1S/C26H30N2O6/c1-15(33-2)24(25(30)31)28-23(29)13-22(16-11-12-16)27-26(32)34-14-21-19-9-5-3-7-17(19)18-8-4-6-10-20(18)21/h3-10,15-16,21-22,24H,11-14H2,1-2H3,(H,27,32)(H,28,29)(H,30,31).